The second-order valence-electron chi connectivity index (χ2n) is 3.15. The number of hydrogen-bond acceptors (Lipinski definition) is 3. The van der Waals surface area contributed by atoms with Gasteiger partial charge in [-0.15, -0.1) is 18.3 Å². The molecule has 1 radical (unpaired) electrons. The first kappa shape index (κ1) is 23.4. The van der Waals surface area contributed by atoms with E-state index >= 15 is 0 Å². The molecule has 0 aromatic rings. The Morgan fingerprint density at radius 3 is 0.538 bits per heavy atom. The van der Waals surface area contributed by atoms with Gasteiger partial charge in [-0.3, -0.25) is 0 Å². The van der Waals surface area contributed by atoms with Crippen LogP contribution in [-0.4, -0.2) is 18.3 Å². The van der Waals surface area contributed by atoms with Crippen LogP contribution in [0, 0.1) is 0 Å². The number of rotatable bonds is 0. The van der Waals surface area contributed by atoms with Crippen molar-refractivity contribution in [3.8, 4) is 0 Å². The topological polar surface area (TPSA) is 69.2 Å². The van der Waals surface area contributed by atoms with Gasteiger partial charge < -0.3 is 15.3 Å². The van der Waals surface area contributed by atoms with Crippen molar-refractivity contribution in [2.75, 3.05) is 0 Å². The second kappa shape index (κ2) is 18.4. The molecule has 0 saturated carbocycles. The molecule has 83 valence electrons. The van der Waals surface area contributed by atoms with Crippen molar-refractivity contribution in [2.24, 2.45) is 0 Å². The smallest absolute Gasteiger partial charge is 0 e. The number of hydrogen-bond donors (Lipinski definition) is 0. The van der Waals surface area contributed by atoms with Gasteiger partial charge in [0.25, 0.3) is 0 Å². The van der Waals surface area contributed by atoms with Crippen molar-refractivity contribution < 1.29 is 37.7 Å². The van der Waals surface area contributed by atoms with Gasteiger partial charge in [-0.05, 0) is 0 Å². The van der Waals surface area contributed by atoms with Gasteiger partial charge in [-0.2, -0.15) is 0 Å². The van der Waals surface area contributed by atoms with E-state index in [0.29, 0.717) is 0 Å². The van der Waals surface area contributed by atoms with Gasteiger partial charge in [0.05, 0.1) is 0 Å². The summed E-state index contributed by atoms with van der Waals surface area (Å²) in [5.41, 5.74) is 0. The summed E-state index contributed by atoms with van der Waals surface area (Å²) in [6, 6.07) is 0. The molecule has 0 atom stereocenters. The van der Waals surface area contributed by atoms with E-state index in [1.165, 1.54) is 0 Å². The van der Waals surface area contributed by atoms with Crippen molar-refractivity contribution in [1.29, 1.82) is 0 Å². The molecule has 13 heavy (non-hydrogen) atoms. The minimum atomic E-state index is -0.417. The van der Waals surface area contributed by atoms with Crippen LogP contribution in [0.1, 0.15) is 41.5 Å². The van der Waals surface area contributed by atoms with Crippen LogP contribution in [0.25, 0.3) is 0 Å². The quantitative estimate of drug-likeness (QED) is 0.573. The average Bonchev–Trinajstić information content (AvgIpc) is 1.54. The van der Waals surface area contributed by atoms with Gasteiger partial charge in [-0.1, -0.05) is 41.5 Å². The molecule has 0 aromatic heterocycles. The molecule has 0 aliphatic carbocycles. The summed E-state index contributed by atoms with van der Waals surface area (Å²) in [5, 5.41) is 28.6. The van der Waals surface area contributed by atoms with Crippen LogP contribution in [0.15, 0.2) is 0 Å². The first-order valence-electron chi connectivity index (χ1n) is 4.17. The van der Waals surface area contributed by atoms with Gasteiger partial charge in [0.1, 0.15) is 0 Å². The standard InChI is InChI=1S/3C3H7O.Ta/c3*1-3(2)4;/h3*3H,1-2H3;/q3*-1;. The maximum atomic E-state index is 9.53. The molecular formula is C9H21O3Ta-3. The Morgan fingerprint density at radius 1 is 0.538 bits per heavy atom. The maximum Gasteiger partial charge on any atom is 0 e. The molecule has 0 aromatic carbocycles. The van der Waals surface area contributed by atoms with E-state index < -0.39 is 18.3 Å². The first-order chi connectivity index (χ1) is 5.20. The summed E-state index contributed by atoms with van der Waals surface area (Å²) in [6.45, 7) is 9.67. The third-order valence-electron chi connectivity index (χ3n) is 0. The normalized spacial score (nSPS) is 8.31. The Labute approximate surface area is 97.7 Å². The summed E-state index contributed by atoms with van der Waals surface area (Å²) < 4.78 is 0. The minimum absolute atomic E-state index is 0. The predicted octanol–water partition coefficient (Wildman–Crippen LogP) is -0.737. The Balaban J connectivity index is -0.0000000450. The van der Waals surface area contributed by atoms with Gasteiger partial charge in [0.15, 0.2) is 0 Å². The predicted molar refractivity (Wildman–Crippen MR) is 45.4 cm³/mol. The fraction of sp³-hybridized carbons (Fsp3) is 1.00. The summed E-state index contributed by atoms with van der Waals surface area (Å²) in [4.78, 5) is 0. The molecule has 0 aliphatic rings. The fourth-order valence-corrected chi connectivity index (χ4v) is 0. The van der Waals surface area contributed by atoms with Crippen molar-refractivity contribution in [1.82, 2.24) is 0 Å². The summed E-state index contributed by atoms with van der Waals surface area (Å²) >= 11 is 0. The van der Waals surface area contributed by atoms with Crippen molar-refractivity contribution in [3.05, 3.63) is 0 Å². The van der Waals surface area contributed by atoms with Crippen LogP contribution < -0.4 is 15.3 Å². The van der Waals surface area contributed by atoms with Crippen LogP contribution in [0.5, 0.6) is 0 Å². The average molecular weight is 358 g/mol. The molecule has 4 heteroatoms. The third kappa shape index (κ3) is 3700. The zero-order valence-electron chi connectivity index (χ0n) is 9.40. The molecule has 0 N–H and O–H groups in total. The van der Waals surface area contributed by atoms with Crippen LogP contribution in [-0.2, 0) is 22.4 Å². The second-order valence-corrected chi connectivity index (χ2v) is 3.15. The summed E-state index contributed by atoms with van der Waals surface area (Å²) in [5.74, 6) is 0. The molecule has 0 heterocycles. The molecule has 0 bridgehead atoms. The summed E-state index contributed by atoms with van der Waals surface area (Å²) in [7, 11) is 0. The minimum Gasteiger partial charge on any atom is -0.852 e. The van der Waals surface area contributed by atoms with Gasteiger partial charge in [-0.25, -0.2) is 0 Å². The Bertz CT molecular complexity index is 43.4. The van der Waals surface area contributed by atoms with Crippen LogP contribution >= 0.6 is 0 Å². The molecular weight excluding hydrogens is 337 g/mol. The van der Waals surface area contributed by atoms with Crippen LogP contribution in [0.2, 0.25) is 0 Å². The monoisotopic (exact) mass is 358 g/mol. The van der Waals surface area contributed by atoms with E-state index in [0.717, 1.165) is 0 Å². The Kier molecular flexibility index (Phi) is 33.2. The van der Waals surface area contributed by atoms with E-state index in [2.05, 4.69) is 0 Å². The van der Waals surface area contributed by atoms with Gasteiger partial charge >= 0.3 is 0 Å². The largest absolute Gasteiger partial charge is 0.852 e. The van der Waals surface area contributed by atoms with E-state index in [-0.39, 0.29) is 22.4 Å². The molecule has 0 aliphatic heterocycles. The molecule has 0 fully saturated rings. The maximum absolute atomic E-state index is 9.53. The van der Waals surface area contributed by atoms with Crippen molar-refractivity contribution >= 4 is 0 Å². The van der Waals surface area contributed by atoms with Gasteiger partial charge in [0.2, 0.25) is 0 Å². The zero-order valence-corrected chi connectivity index (χ0v) is 12.6. The molecule has 0 rings (SSSR count). The van der Waals surface area contributed by atoms with Crippen LogP contribution in [0.3, 0.4) is 0 Å². The summed E-state index contributed by atoms with van der Waals surface area (Å²) in [6.07, 6.45) is -1.25. The Hall–Kier alpha value is 0.620. The molecule has 0 spiro atoms. The van der Waals surface area contributed by atoms with E-state index in [1.807, 2.05) is 0 Å². The van der Waals surface area contributed by atoms with E-state index in [1.54, 1.807) is 41.5 Å². The Morgan fingerprint density at radius 2 is 0.538 bits per heavy atom. The zero-order chi connectivity index (χ0) is 10.7. The molecule has 0 amide bonds. The fourth-order valence-electron chi connectivity index (χ4n) is 0. The SMILES string of the molecule is CC(C)[O-].CC(C)[O-].CC(C)[O-].[Ta]. The van der Waals surface area contributed by atoms with Crippen molar-refractivity contribution in [3.63, 3.8) is 0 Å². The van der Waals surface area contributed by atoms with E-state index in [9.17, 15) is 15.3 Å². The van der Waals surface area contributed by atoms with E-state index in [4.69, 9.17) is 0 Å². The molecule has 0 unspecified atom stereocenters. The first-order valence-corrected chi connectivity index (χ1v) is 4.17. The van der Waals surface area contributed by atoms with Crippen molar-refractivity contribution in [2.45, 2.75) is 59.9 Å². The van der Waals surface area contributed by atoms with Gasteiger partial charge in [0, 0.05) is 22.4 Å². The van der Waals surface area contributed by atoms with Crippen LogP contribution in [0.4, 0.5) is 0 Å². The molecule has 0 saturated heterocycles. The third-order valence-corrected chi connectivity index (χ3v) is 0. The molecule has 3 nitrogen and oxygen atoms in total.